The molecule has 4 rings (SSSR count). The summed E-state index contributed by atoms with van der Waals surface area (Å²) in [6, 6.07) is 9.61. The first kappa shape index (κ1) is 21.2. The quantitative estimate of drug-likeness (QED) is 0.733. The van der Waals surface area contributed by atoms with Crippen LogP contribution in [-0.4, -0.2) is 47.6 Å². The minimum absolute atomic E-state index is 0.119. The van der Waals surface area contributed by atoms with Crippen LogP contribution in [0, 0.1) is 28.9 Å². The fraction of sp³-hybridized carbons (Fsp3) is 0.435. The largest absolute Gasteiger partial charge is 0.364 e. The summed E-state index contributed by atoms with van der Waals surface area (Å²) >= 11 is 0. The van der Waals surface area contributed by atoms with Crippen LogP contribution in [0.1, 0.15) is 37.5 Å². The fourth-order valence-electron chi connectivity index (χ4n) is 4.54. The van der Waals surface area contributed by atoms with E-state index in [9.17, 15) is 13.6 Å². The molecule has 2 saturated heterocycles. The lowest BCUT2D eigenvalue weighted by atomic mass is 10.0. The number of pyridine rings is 1. The normalized spacial score (nSPS) is 23.5. The number of nitrogens with zero attached hydrogens (tertiary/aromatic N) is 4. The number of benzene rings is 1. The number of aromatic nitrogens is 1. The van der Waals surface area contributed by atoms with E-state index in [1.165, 1.54) is 6.07 Å². The molecule has 2 aliphatic rings. The smallest absolute Gasteiger partial charge is 0.248 e. The number of ether oxygens (including phenoxy) is 1. The van der Waals surface area contributed by atoms with Crippen LogP contribution in [-0.2, 0) is 9.53 Å². The second-order valence-electron chi connectivity index (χ2n) is 8.28. The monoisotopic (exact) mass is 426 g/mol. The average molecular weight is 426 g/mol. The van der Waals surface area contributed by atoms with Gasteiger partial charge >= 0.3 is 0 Å². The average Bonchev–Trinajstić information content (AvgIpc) is 2.97. The first-order valence-corrected chi connectivity index (χ1v) is 10.4. The van der Waals surface area contributed by atoms with Gasteiger partial charge in [0.1, 0.15) is 18.5 Å². The summed E-state index contributed by atoms with van der Waals surface area (Å²) in [5, 5.41) is 8.99. The molecule has 6 nitrogen and oxygen atoms in total. The van der Waals surface area contributed by atoms with Gasteiger partial charge in [-0.15, -0.1) is 0 Å². The molecule has 1 amide bonds. The molecule has 1 aromatic carbocycles. The van der Waals surface area contributed by atoms with Crippen molar-refractivity contribution in [3.05, 3.63) is 59.3 Å². The molecular formula is C23H24F2N4O2. The van der Waals surface area contributed by atoms with Gasteiger partial charge < -0.3 is 14.5 Å². The Hall–Kier alpha value is -3.05. The van der Waals surface area contributed by atoms with Gasteiger partial charge in [0.05, 0.1) is 17.7 Å². The van der Waals surface area contributed by atoms with E-state index in [0.29, 0.717) is 30.1 Å². The molecule has 8 heteroatoms. The Morgan fingerprint density at radius 1 is 1.29 bits per heavy atom. The zero-order chi connectivity index (χ0) is 22.1. The molecule has 31 heavy (non-hydrogen) atoms. The second kappa shape index (κ2) is 8.60. The lowest BCUT2D eigenvalue weighted by molar-refractivity contribution is -0.139. The highest BCUT2D eigenvalue weighted by Gasteiger charge is 2.46. The Kier molecular flexibility index (Phi) is 5.88. The molecule has 0 spiro atoms. The number of nitriles is 1. The predicted octanol–water partition coefficient (Wildman–Crippen LogP) is 3.43. The minimum atomic E-state index is -0.933. The van der Waals surface area contributed by atoms with Crippen LogP contribution in [0.15, 0.2) is 36.5 Å². The molecule has 1 aromatic heterocycles. The standard InChI is InChI=1S/C23H24F2N4O2/c1-14-7-18-11-28(12-21(14)29(18)22-6-3-16(9-26)10-27-22)23(30)13-31-15(2)17-4-5-19(24)20(25)8-17/h3-6,8,10,14-15,18,21H,7,11-13H2,1-2H3/t14-,15-,18?,21?/m0/s1. The van der Waals surface area contributed by atoms with E-state index in [2.05, 4.69) is 22.9 Å². The topological polar surface area (TPSA) is 69.5 Å². The number of piperazine rings is 1. The van der Waals surface area contributed by atoms with Crippen molar-refractivity contribution in [1.82, 2.24) is 9.88 Å². The molecule has 4 atom stereocenters. The van der Waals surface area contributed by atoms with Gasteiger partial charge in [0, 0.05) is 25.3 Å². The number of rotatable bonds is 5. The Balaban J connectivity index is 1.38. The van der Waals surface area contributed by atoms with Crippen molar-refractivity contribution in [2.24, 2.45) is 5.92 Å². The number of anilines is 1. The van der Waals surface area contributed by atoms with Gasteiger partial charge in [0.2, 0.25) is 5.91 Å². The Morgan fingerprint density at radius 2 is 2.10 bits per heavy atom. The summed E-state index contributed by atoms with van der Waals surface area (Å²) in [5.74, 6) is -0.731. The lowest BCUT2D eigenvalue weighted by Gasteiger charge is -2.42. The number of likely N-dealkylation sites (tertiary alicyclic amines) is 1. The van der Waals surface area contributed by atoms with E-state index in [1.807, 2.05) is 11.0 Å². The van der Waals surface area contributed by atoms with Crippen molar-refractivity contribution >= 4 is 11.7 Å². The third kappa shape index (κ3) is 4.23. The van der Waals surface area contributed by atoms with Crippen molar-refractivity contribution < 1.29 is 18.3 Å². The lowest BCUT2D eigenvalue weighted by Crippen LogP contribution is -2.57. The van der Waals surface area contributed by atoms with E-state index in [4.69, 9.17) is 10.00 Å². The van der Waals surface area contributed by atoms with Crippen LogP contribution in [0.2, 0.25) is 0 Å². The van der Waals surface area contributed by atoms with Gasteiger partial charge in [-0.25, -0.2) is 13.8 Å². The molecular weight excluding hydrogens is 402 g/mol. The van der Waals surface area contributed by atoms with Crippen LogP contribution in [0.4, 0.5) is 14.6 Å². The highest BCUT2D eigenvalue weighted by atomic mass is 19.2. The molecule has 0 saturated carbocycles. The number of carbonyl (C=O) groups is 1. The molecule has 2 aliphatic heterocycles. The SMILES string of the molecule is C[C@H](OCC(=O)N1CC2C[C@H](C)C(C1)N2c1ccc(C#N)cn1)c1ccc(F)c(F)c1. The molecule has 0 aliphatic carbocycles. The maximum atomic E-state index is 13.4. The third-order valence-corrected chi connectivity index (χ3v) is 6.25. The van der Waals surface area contributed by atoms with Gasteiger partial charge in [-0.2, -0.15) is 5.26 Å². The van der Waals surface area contributed by atoms with E-state index in [-0.39, 0.29) is 24.6 Å². The van der Waals surface area contributed by atoms with Crippen LogP contribution < -0.4 is 4.90 Å². The third-order valence-electron chi connectivity index (χ3n) is 6.25. The van der Waals surface area contributed by atoms with Gasteiger partial charge in [0.15, 0.2) is 11.6 Å². The van der Waals surface area contributed by atoms with Gasteiger partial charge in [-0.3, -0.25) is 4.79 Å². The van der Waals surface area contributed by atoms with E-state index in [1.54, 1.807) is 19.2 Å². The molecule has 3 heterocycles. The Morgan fingerprint density at radius 3 is 2.74 bits per heavy atom. The molecule has 0 radical (unpaired) electrons. The molecule has 2 fully saturated rings. The number of fused-ring (bicyclic) bond motifs is 2. The second-order valence-corrected chi connectivity index (χ2v) is 8.28. The molecule has 162 valence electrons. The van der Waals surface area contributed by atoms with Crippen molar-refractivity contribution in [1.29, 1.82) is 5.26 Å². The summed E-state index contributed by atoms with van der Waals surface area (Å²) in [6.45, 7) is 4.91. The summed E-state index contributed by atoms with van der Waals surface area (Å²) in [5.41, 5.74) is 1.00. The number of amides is 1. The van der Waals surface area contributed by atoms with Crippen molar-refractivity contribution in [3.63, 3.8) is 0 Å². The first-order chi connectivity index (χ1) is 14.9. The van der Waals surface area contributed by atoms with E-state index in [0.717, 1.165) is 24.4 Å². The zero-order valence-electron chi connectivity index (χ0n) is 17.5. The van der Waals surface area contributed by atoms with Gasteiger partial charge in [-0.1, -0.05) is 13.0 Å². The van der Waals surface area contributed by atoms with Crippen molar-refractivity contribution in [2.45, 2.75) is 38.5 Å². The minimum Gasteiger partial charge on any atom is -0.364 e. The van der Waals surface area contributed by atoms with Crippen LogP contribution in [0.5, 0.6) is 0 Å². The van der Waals surface area contributed by atoms with Gasteiger partial charge in [0.25, 0.3) is 0 Å². The summed E-state index contributed by atoms with van der Waals surface area (Å²) in [6.07, 6.45) is 2.01. The summed E-state index contributed by atoms with van der Waals surface area (Å²) in [7, 11) is 0. The Labute approximate surface area is 180 Å². The van der Waals surface area contributed by atoms with Crippen LogP contribution in [0.3, 0.4) is 0 Å². The predicted molar refractivity (Wildman–Crippen MR) is 110 cm³/mol. The number of halogens is 2. The van der Waals surface area contributed by atoms with Gasteiger partial charge in [-0.05, 0) is 49.1 Å². The van der Waals surface area contributed by atoms with Crippen molar-refractivity contribution in [2.75, 3.05) is 24.6 Å². The first-order valence-electron chi connectivity index (χ1n) is 10.4. The summed E-state index contributed by atoms with van der Waals surface area (Å²) < 4.78 is 32.2. The number of hydrogen-bond acceptors (Lipinski definition) is 5. The van der Waals surface area contributed by atoms with E-state index < -0.39 is 17.7 Å². The maximum absolute atomic E-state index is 13.4. The highest BCUT2D eigenvalue weighted by Crippen LogP contribution is 2.37. The number of carbonyl (C=O) groups excluding carboxylic acids is 1. The maximum Gasteiger partial charge on any atom is 0.248 e. The van der Waals surface area contributed by atoms with Crippen LogP contribution >= 0.6 is 0 Å². The van der Waals surface area contributed by atoms with E-state index >= 15 is 0 Å². The Bertz CT molecular complexity index is 1010. The van der Waals surface area contributed by atoms with Crippen LogP contribution in [0.25, 0.3) is 0 Å². The molecule has 2 bridgehead atoms. The molecule has 0 N–H and O–H groups in total. The zero-order valence-corrected chi connectivity index (χ0v) is 17.5. The van der Waals surface area contributed by atoms with Crippen molar-refractivity contribution in [3.8, 4) is 6.07 Å². The number of hydrogen-bond donors (Lipinski definition) is 0. The molecule has 2 unspecified atom stereocenters. The highest BCUT2D eigenvalue weighted by molar-refractivity contribution is 5.78. The summed E-state index contributed by atoms with van der Waals surface area (Å²) in [4.78, 5) is 21.3. The fourth-order valence-corrected chi connectivity index (χ4v) is 4.54. The molecule has 2 aromatic rings.